The summed E-state index contributed by atoms with van der Waals surface area (Å²) in [6, 6.07) is 3.62. The first-order chi connectivity index (χ1) is 10.1. The van der Waals surface area contributed by atoms with Gasteiger partial charge in [0.05, 0.1) is 11.6 Å². The summed E-state index contributed by atoms with van der Waals surface area (Å²) in [5, 5.41) is 6.60. The lowest BCUT2D eigenvalue weighted by atomic mass is 10.2. The first-order valence-electron chi connectivity index (χ1n) is 6.33. The number of fused-ring (bicyclic) bond motifs is 1. The van der Waals surface area contributed by atoms with E-state index in [1.54, 1.807) is 30.5 Å². The van der Waals surface area contributed by atoms with Gasteiger partial charge in [-0.15, -0.1) is 11.3 Å². The minimum Gasteiger partial charge on any atom is -0.464 e. The van der Waals surface area contributed by atoms with E-state index in [4.69, 9.17) is 4.42 Å². The van der Waals surface area contributed by atoms with Gasteiger partial charge in [-0.2, -0.15) is 9.78 Å². The Balaban J connectivity index is 2.27. The van der Waals surface area contributed by atoms with Crippen LogP contribution >= 0.6 is 11.3 Å². The van der Waals surface area contributed by atoms with E-state index in [1.165, 1.54) is 16.0 Å². The average molecular weight is 302 g/mol. The molecule has 0 radical (unpaired) electrons. The molecule has 3 aromatic rings. The number of hydrogen-bond donors (Lipinski definition) is 0. The zero-order valence-corrected chi connectivity index (χ0v) is 12.7. The molecular weight excluding hydrogens is 288 g/mol. The van der Waals surface area contributed by atoms with Gasteiger partial charge in [0.25, 0.3) is 5.56 Å². The molecule has 0 fully saturated rings. The number of aryl methyl sites for hydroxylation is 1. The highest BCUT2D eigenvalue weighted by molar-refractivity contribution is 7.17. The molecule has 0 spiro atoms. The number of hydrogen-bond acceptors (Lipinski definition) is 5. The number of furan rings is 1. The summed E-state index contributed by atoms with van der Waals surface area (Å²) in [4.78, 5) is 19.6. The van der Waals surface area contributed by atoms with E-state index < -0.39 is 0 Å². The highest BCUT2D eigenvalue weighted by atomic mass is 32.1. The minimum absolute atomic E-state index is 0.191. The molecule has 3 rings (SSSR count). The maximum Gasteiger partial charge on any atom is 0.283 e. The molecule has 3 heterocycles. The van der Waals surface area contributed by atoms with Gasteiger partial charge in [0, 0.05) is 25.0 Å². The molecule has 0 amide bonds. The Morgan fingerprint density at radius 2 is 2.29 bits per heavy atom. The monoisotopic (exact) mass is 302 g/mol. The Labute approximate surface area is 125 Å². The van der Waals surface area contributed by atoms with Crippen molar-refractivity contribution in [1.82, 2.24) is 14.6 Å². The molecule has 0 aliphatic carbocycles. The number of aromatic nitrogens is 2. The number of rotatable bonds is 3. The first kappa shape index (κ1) is 13.6. The minimum atomic E-state index is -0.191. The van der Waals surface area contributed by atoms with Crippen LogP contribution < -0.4 is 5.56 Å². The van der Waals surface area contributed by atoms with Crippen LogP contribution in [0.4, 0.5) is 0 Å². The van der Waals surface area contributed by atoms with E-state index in [2.05, 4.69) is 10.1 Å². The molecular formula is C14H14N4O2S. The van der Waals surface area contributed by atoms with E-state index in [1.807, 2.05) is 25.5 Å². The van der Waals surface area contributed by atoms with Crippen molar-refractivity contribution in [2.75, 3.05) is 14.1 Å². The van der Waals surface area contributed by atoms with Gasteiger partial charge >= 0.3 is 0 Å². The zero-order valence-electron chi connectivity index (χ0n) is 11.9. The summed E-state index contributed by atoms with van der Waals surface area (Å²) in [6.07, 6.45) is 3.16. The third-order valence-corrected chi connectivity index (χ3v) is 3.80. The lowest BCUT2D eigenvalue weighted by Crippen LogP contribution is -2.22. The summed E-state index contributed by atoms with van der Waals surface area (Å²) < 4.78 is 6.70. The van der Waals surface area contributed by atoms with Gasteiger partial charge in [0.15, 0.2) is 0 Å². The normalized spacial score (nSPS) is 11.6. The van der Waals surface area contributed by atoms with Crippen molar-refractivity contribution >= 4 is 27.9 Å². The molecule has 0 aliphatic rings. The molecule has 0 N–H and O–H groups in total. The molecule has 0 unspecified atom stereocenters. The van der Waals surface area contributed by atoms with Crippen molar-refractivity contribution in [3.05, 3.63) is 40.0 Å². The number of nitrogens with zero attached hydrogens (tertiary/aromatic N) is 4. The predicted molar refractivity (Wildman–Crippen MR) is 83.9 cm³/mol. The summed E-state index contributed by atoms with van der Waals surface area (Å²) in [6.45, 7) is 1.76. The van der Waals surface area contributed by atoms with Gasteiger partial charge in [-0.25, -0.2) is 4.98 Å². The Morgan fingerprint density at radius 3 is 2.95 bits per heavy atom. The maximum absolute atomic E-state index is 12.7. The Bertz CT molecular complexity index is 859. The van der Waals surface area contributed by atoms with E-state index >= 15 is 0 Å². The Hall–Kier alpha value is -2.41. The van der Waals surface area contributed by atoms with E-state index in [0.29, 0.717) is 21.8 Å². The summed E-state index contributed by atoms with van der Waals surface area (Å²) in [5.74, 6) is 1.21. The molecule has 0 atom stereocenters. The SMILES string of the molecule is Cc1nc2scc(-c3ccco3)c2c(=O)n1N=CN(C)C. The molecule has 0 bridgehead atoms. The van der Waals surface area contributed by atoms with Crippen molar-refractivity contribution in [2.45, 2.75) is 6.92 Å². The topological polar surface area (TPSA) is 63.6 Å². The molecule has 6 nitrogen and oxygen atoms in total. The van der Waals surface area contributed by atoms with Gasteiger partial charge in [0.2, 0.25) is 0 Å². The van der Waals surface area contributed by atoms with Crippen LogP contribution in [0.1, 0.15) is 5.82 Å². The second-order valence-corrected chi connectivity index (χ2v) is 5.64. The van der Waals surface area contributed by atoms with Crippen molar-refractivity contribution in [3.8, 4) is 11.3 Å². The summed E-state index contributed by atoms with van der Waals surface area (Å²) in [7, 11) is 3.68. The lowest BCUT2D eigenvalue weighted by Gasteiger charge is -2.06. The molecule has 7 heteroatoms. The van der Waals surface area contributed by atoms with E-state index in [-0.39, 0.29) is 5.56 Å². The van der Waals surface area contributed by atoms with E-state index in [9.17, 15) is 4.79 Å². The van der Waals surface area contributed by atoms with Crippen molar-refractivity contribution in [2.24, 2.45) is 5.10 Å². The maximum atomic E-state index is 12.7. The standard InChI is InChI=1S/C14H14N4O2S/c1-9-16-13-12(14(19)18(9)15-8-17(2)3)10(7-21-13)11-5-4-6-20-11/h4-8H,1-3H3. The fourth-order valence-electron chi connectivity index (χ4n) is 1.99. The second-order valence-electron chi connectivity index (χ2n) is 4.78. The Kier molecular flexibility index (Phi) is 3.34. The van der Waals surface area contributed by atoms with Gasteiger partial charge in [-0.05, 0) is 19.1 Å². The van der Waals surface area contributed by atoms with Crippen molar-refractivity contribution < 1.29 is 4.42 Å². The smallest absolute Gasteiger partial charge is 0.283 e. The second kappa shape index (κ2) is 5.17. The average Bonchev–Trinajstić information content (AvgIpc) is 3.05. The quantitative estimate of drug-likeness (QED) is 0.550. The predicted octanol–water partition coefficient (Wildman–Crippen LogP) is 2.38. The third kappa shape index (κ3) is 2.36. The first-order valence-corrected chi connectivity index (χ1v) is 7.21. The zero-order chi connectivity index (χ0) is 15.0. The fraction of sp³-hybridized carbons (Fsp3) is 0.214. The largest absolute Gasteiger partial charge is 0.464 e. The molecule has 0 aliphatic heterocycles. The number of thiophene rings is 1. The van der Waals surface area contributed by atoms with E-state index in [0.717, 1.165) is 5.56 Å². The lowest BCUT2D eigenvalue weighted by molar-refractivity contribution is 0.583. The summed E-state index contributed by atoms with van der Waals surface area (Å²) in [5.41, 5.74) is 0.564. The molecule has 3 aromatic heterocycles. The third-order valence-electron chi connectivity index (χ3n) is 2.93. The van der Waals surface area contributed by atoms with Gasteiger partial charge in [-0.1, -0.05) is 0 Å². The van der Waals surface area contributed by atoms with Gasteiger partial charge < -0.3 is 9.32 Å². The van der Waals surface area contributed by atoms with Gasteiger partial charge in [0.1, 0.15) is 22.8 Å². The molecule has 0 saturated heterocycles. The molecule has 108 valence electrons. The van der Waals surface area contributed by atoms with Crippen LogP contribution in [-0.4, -0.2) is 35.0 Å². The highest BCUT2D eigenvalue weighted by Crippen LogP contribution is 2.31. The van der Waals surface area contributed by atoms with Gasteiger partial charge in [-0.3, -0.25) is 4.79 Å². The van der Waals surface area contributed by atoms with Crippen molar-refractivity contribution in [1.29, 1.82) is 0 Å². The van der Waals surface area contributed by atoms with Crippen LogP contribution in [-0.2, 0) is 0 Å². The van der Waals surface area contributed by atoms with Crippen LogP contribution in [0, 0.1) is 6.92 Å². The highest BCUT2D eigenvalue weighted by Gasteiger charge is 2.16. The van der Waals surface area contributed by atoms with Crippen LogP contribution in [0.3, 0.4) is 0 Å². The van der Waals surface area contributed by atoms with Crippen LogP contribution in [0.15, 0.2) is 38.1 Å². The molecule has 21 heavy (non-hydrogen) atoms. The van der Waals surface area contributed by atoms with Crippen molar-refractivity contribution in [3.63, 3.8) is 0 Å². The van der Waals surface area contributed by atoms with Crippen LogP contribution in [0.5, 0.6) is 0 Å². The van der Waals surface area contributed by atoms with Crippen LogP contribution in [0.2, 0.25) is 0 Å². The fourth-order valence-corrected chi connectivity index (χ4v) is 2.95. The molecule has 0 saturated carbocycles. The Morgan fingerprint density at radius 1 is 1.48 bits per heavy atom. The molecule has 0 aromatic carbocycles. The van der Waals surface area contributed by atoms with Crippen LogP contribution in [0.25, 0.3) is 21.5 Å². The summed E-state index contributed by atoms with van der Waals surface area (Å²) >= 11 is 1.43.